The van der Waals surface area contributed by atoms with Gasteiger partial charge in [0.05, 0.1) is 11.7 Å². The second-order valence-corrected chi connectivity index (χ2v) is 3.88. The maximum absolute atomic E-state index is 9.07. The highest BCUT2D eigenvalue weighted by Crippen LogP contribution is 2.13. The van der Waals surface area contributed by atoms with Gasteiger partial charge in [-0.05, 0) is 25.5 Å². The third-order valence-electron chi connectivity index (χ3n) is 2.83. The number of hydrogen-bond donors (Lipinski definition) is 3. The number of oxime groups is 1. The standard InChI is InChI=1S/C11H17N3O/c15-14-11(9-5-1-3-7-12-9)10-6-2-4-8-13-10/h1,3,5,10,12-13,15H,2,4,6-8H2. The van der Waals surface area contributed by atoms with Crippen molar-refractivity contribution >= 4 is 5.71 Å². The van der Waals surface area contributed by atoms with E-state index in [-0.39, 0.29) is 6.04 Å². The molecule has 0 spiro atoms. The van der Waals surface area contributed by atoms with E-state index in [4.69, 9.17) is 5.21 Å². The van der Waals surface area contributed by atoms with Gasteiger partial charge in [0, 0.05) is 6.54 Å². The number of allylic oxidation sites excluding steroid dienone is 2. The number of hydrogen-bond acceptors (Lipinski definition) is 4. The molecule has 0 bridgehead atoms. The minimum atomic E-state index is 0.189. The van der Waals surface area contributed by atoms with E-state index in [1.54, 1.807) is 0 Å². The molecule has 1 atom stereocenters. The van der Waals surface area contributed by atoms with E-state index >= 15 is 0 Å². The first-order chi connectivity index (χ1) is 7.42. The fourth-order valence-electron chi connectivity index (χ4n) is 2.03. The van der Waals surface area contributed by atoms with Crippen LogP contribution in [0.15, 0.2) is 29.1 Å². The van der Waals surface area contributed by atoms with Crippen LogP contribution in [0.2, 0.25) is 0 Å². The second-order valence-electron chi connectivity index (χ2n) is 3.88. The van der Waals surface area contributed by atoms with Gasteiger partial charge in [-0.25, -0.2) is 0 Å². The number of piperidine rings is 1. The fourth-order valence-corrected chi connectivity index (χ4v) is 2.03. The van der Waals surface area contributed by atoms with Crippen molar-refractivity contribution in [2.75, 3.05) is 13.1 Å². The lowest BCUT2D eigenvalue weighted by Crippen LogP contribution is -2.43. The minimum Gasteiger partial charge on any atom is -0.411 e. The average Bonchev–Trinajstić information content (AvgIpc) is 2.33. The zero-order valence-electron chi connectivity index (χ0n) is 8.74. The Labute approximate surface area is 89.7 Å². The lowest BCUT2D eigenvalue weighted by molar-refractivity contribution is 0.313. The van der Waals surface area contributed by atoms with Crippen LogP contribution in [-0.4, -0.2) is 30.1 Å². The summed E-state index contributed by atoms with van der Waals surface area (Å²) in [6.45, 7) is 1.81. The molecule has 1 fully saturated rings. The lowest BCUT2D eigenvalue weighted by atomic mass is 9.98. The fraction of sp³-hybridized carbons (Fsp3) is 0.545. The van der Waals surface area contributed by atoms with E-state index < -0.39 is 0 Å². The molecule has 0 amide bonds. The molecule has 2 aliphatic heterocycles. The third kappa shape index (κ3) is 2.39. The quantitative estimate of drug-likeness (QED) is 0.360. The Bertz CT molecular complexity index is 301. The number of nitrogens with zero attached hydrogens (tertiary/aromatic N) is 1. The van der Waals surface area contributed by atoms with Crippen LogP contribution in [0.3, 0.4) is 0 Å². The van der Waals surface area contributed by atoms with Crippen LogP contribution < -0.4 is 10.6 Å². The zero-order chi connectivity index (χ0) is 10.5. The van der Waals surface area contributed by atoms with Crippen LogP contribution in [0.25, 0.3) is 0 Å². The van der Waals surface area contributed by atoms with Crippen LogP contribution in [0.5, 0.6) is 0 Å². The second kappa shape index (κ2) is 4.98. The average molecular weight is 207 g/mol. The van der Waals surface area contributed by atoms with Gasteiger partial charge in [-0.3, -0.25) is 0 Å². The summed E-state index contributed by atoms with van der Waals surface area (Å²) in [6, 6.07) is 0.189. The highest BCUT2D eigenvalue weighted by molar-refractivity contribution is 6.03. The molecule has 0 radical (unpaired) electrons. The van der Waals surface area contributed by atoms with Crippen molar-refractivity contribution in [1.82, 2.24) is 10.6 Å². The summed E-state index contributed by atoms with van der Waals surface area (Å²) in [5.41, 5.74) is 1.67. The Morgan fingerprint density at radius 2 is 2.40 bits per heavy atom. The van der Waals surface area contributed by atoms with Crippen molar-refractivity contribution in [3.63, 3.8) is 0 Å². The van der Waals surface area contributed by atoms with Gasteiger partial charge in [0.2, 0.25) is 0 Å². The molecule has 0 saturated carbocycles. The number of dihydropyridines is 1. The highest BCUT2D eigenvalue weighted by Gasteiger charge is 2.22. The van der Waals surface area contributed by atoms with E-state index in [2.05, 4.69) is 15.8 Å². The summed E-state index contributed by atoms with van der Waals surface area (Å²) >= 11 is 0. The smallest absolute Gasteiger partial charge is 0.119 e. The number of rotatable bonds is 2. The van der Waals surface area contributed by atoms with Crippen molar-refractivity contribution in [3.05, 3.63) is 23.9 Å². The molecule has 15 heavy (non-hydrogen) atoms. The summed E-state index contributed by atoms with van der Waals surface area (Å²) in [4.78, 5) is 0. The van der Waals surface area contributed by atoms with Crippen LogP contribution in [-0.2, 0) is 0 Å². The van der Waals surface area contributed by atoms with Crippen molar-refractivity contribution < 1.29 is 5.21 Å². The van der Waals surface area contributed by atoms with E-state index in [1.807, 2.05) is 18.2 Å². The Hall–Kier alpha value is -1.29. The largest absolute Gasteiger partial charge is 0.411 e. The first-order valence-electron chi connectivity index (χ1n) is 5.48. The Kier molecular flexibility index (Phi) is 3.40. The summed E-state index contributed by atoms with van der Waals surface area (Å²) < 4.78 is 0. The molecular formula is C11H17N3O. The predicted molar refractivity (Wildman–Crippen MR) is 60.1 cm³/mol. The molecule has 82 valence electrons. The summed E-state index contributed by atoms with van der Waals surface area (Å²) in [7, 11) is 0. The topological polar surface area (TPSA) is 56.7 Å². The maximum atomic E-state index is 9.07. The molecule has 3 N–H and O–H groups in total. The van der Waals surface area contributed by atoms with Gasteiger partial charge in [-0.1, -0.05) is 23.7 Å². The van der Waals surface area contributed by atoms with Crippen molar-refractivity contribution in [3.8, 4) is 0 Å². The molecule has 0 aromatic carbocycles. The SMILES string of the molecule is ON=C(C1=CC=CCN1)C1CCCCN1. The minimum absolute atomic E-state index is 0.189. The van der Waals surface area contributed by atoms with Crippen LogP contribution in [0.4, 0.5) is 0 Å². The molecule has 0 aromatic rings. The monoisotopic (exact) mass is 207 g/mol. The van der Waals surface area contributed by atoms with Gasteiger partial charge in [-0.15, -0.1) is 0 Å². The van der Waals surface area contributed by atoms with Crippen LogP contribution in [0.1, 0.15) is 19.3 Å². The predicted octanol–water partition coefficient (Wildman–Crippen LogP) is 1.00. The molecule has 0 aliphatic carbocycles. The maximum Gasteiger partial charge on any atom is 0.119 e. The van der Waals surface area contributed by atoms with E-state index in [9.17, 15) is 0 Å². The van der Waals surface area contributed by atoms with Gasteiger partial charge in [0.1, 0.15) is 5.71 Å². The summed E-state index contributed by atoms with van der Waals surface area (Å²) in [6.07, 6.45) is 9.42. The summed E-state index contributed by atoms with van der Waals surface area (Å²) in [5.74, 6) is 0. The molecule has 1 unspecified atom stereocenters. The third-order valence-corrected chi connectivity index (χ3v) is 2.83. The van der Waals surface area contributed by atoms with E-state index in [1.165, 1.54) is 12.8 Å². The van der Waals surface area contributed by atoms with E-state index in [0.717, 1.165) is 30.9 Å². The zero-order valence-corrected chi connectivity index (χ0v) is 8.74. The molecule has 2 rings (SSSR count). The highest BCUT2D eigenvalue weighted by atomic mass is 16.4. The molecule has 4 heteroatoms. The van der Waals surface area contributed by atoms with Gasteiger partial charge >= 0.3 is 0 Å². The van der Waals surface area contributed by atoms with Gasteiger partial charge in [0.25, 0.3) is 0 Å². The normalized spacial score (nSPS) is 27.1. The molecule has 2 aliphatic rings. The van der Waals surface area contributed by atoms with Crippen LogP contribution >= 0.6 is 0 Å². The number of nitrogens with one attached hydrogen (secondary N) is 2. The Morgan fingerprint density at radius 3 is 3.00 bits per heavy atom. The molecule has 2 heterocycles. The first kappa shape index (κ1) is 10.2. The molecular weight excluding hydrogens is 190 g/mol. The Balaban J connectivity index is 2.09. The molecule has 0 aromatic heterocycles. The van der Waals surface area contributed by atoms with Crippen molar-refractivity contribution in [2.45, 2.75) is 25.3 Å². The van der Waals surface area contributed by atoms with E-state index in [0.29, 0.717) is 0 Å². The van der Waals surface area contributed by atoms with Gasteiger partial charge < -0.3 is 15.8 Å². The van der Waals surface area contributed by atoms with Crippen LogP contribution in [0, 0.1) is 0 Å². The summed E-state index contributed by atoms with van der Waals surface area (Å²) in [5, 5.41) is 19.1. The molecule has 4 nitrogen and oxygen atoms in total. The lowest BCUT2D eigenvalue weighted by Gasteiger charge is -2.26. The molecule has 1 saturated heterocycles. The van der Waals surface area contributed by atoms with Crippen molar-refractivity contribution in [2.24, 2.45) is 5.16 Å². The van der Waals surface area contributed by atoms with Crippen molar-refractivity contribution in [1.29, 1.82) is 0 Å². The first-order valence-corrected chi connectivity index (χ1v) is 5.48. The van der Waals surface area contributed by atoms with Gasteiger partial charge in [0.15, 0.2) is 0 Å². The van der Waals surface area contributed by atoms with Gasteiger partial charge in [-0.2, -0.15) is 0 Å². The Morgan fingerprint density at radius 1 is 1.47 bits per heavy atom.